The van der Waals surface area contributed by atoms with Gasteiger partial charge in [0.05, 0.1) is 4.90 Å². The van der Waals surface area contributed by atoms with Gasteiger partial charge in [0.1, 0.15) is 5.15 Å². The van der Waals surface area contributed by atoms with Gasteiger partial charge < -0.3 is 10.6 Å². The summed E-state index contributed by atoms with van der Waals surface area (Å²) < 4.78 is 22.5. The lowest BCUT2D eigenvalue weighted by molar-refractivity contribution is 0.598. The van der Waals surface area contributed by atoms with E-state index in [4.69, 9.17) is 16.7 Å². The number of guanidine groups is 1. The van der Waals surface area contributed by atoms with Crippen LogP contribution in [0.2, 0.25) is 5.15 Å². The summed E-state index contributed by atoms with van der Waals surface area (Å²) in [6.45, 7) is 4.06. The largest absolute Gasteiger partial charge is 0.357 e. The van der Waals surface area contributed by atoms with Crippen LogP contribution in [0.4, 0.5) is 0 Å². The van der Waals surface area contributed by atoms with Gasteiger partial charge in [0.2, 0.25) is 10.0 Å². The molecule has 1 aromatic heterocycles. The number of hydrogen-bond acceptors (Lipinski definition) is 4. The number of nitrogens with one attached hydrogen (secondary N) is 2. The van der Waals surface area contributed by atoms with Crippen molar-refractivity contribution >= 4 is 51.6 Å². The summed E-state index contributed by atoms with van der Waals surface area (Å²) in [5, 5.41) is 12.1. The molecule has 10 heteroatoms. The first-order valence-electron chi connectivity index (χ1n) is 8.63. The van der Waals surface area contributed by atoms with Crippen molar-refractivity contribution in [1.82, 2.24) is 15.6 Å². The summed E-state index contributed by atoms with van der Waals surface area (Å²) >= 11 is 5.78. The van der Waals surface area contributed by atoms with Gasteiger partial charge in [-0.3, -0.25) is 4.99 Å². The van der Waals surface area contributed by atoms with E-state index >= 15 is 0 Å². The molecule has 0 bridgehead atoms. The van der Waals surface area contributed by atoms with Crippen molar-refractivity contribution in [2.45, 2.75) is 24.7 Å². The third-order valence-electron chi connectivity index (χ3n) is 3.76. The van der Waals surface area contributed by atoms with Gasteiger partial charge in [-0.15, -0.1) is 24.0 Å². The maximum Gasteiger partial charge on any atom is 0.238 e. The predicted molar refractivity (Wildman–Crippen MR) is 124 cm³/mol. The summed E-state index contributed by atoms with van der Waals surface area (Å²) in [6, 6.07) is 10.3. The Morgan fingerprint density at radius 3 is 2.36 bits per heavy atom. The van der Waals surface area contributed by atoms with Gasteiger partial charge >= 0.3 is 0 Å². The average molecular weight is 538 g/mol. The molecule has 0 spiro atoms. The smallest absolute Gasteiger partial charge is 0.238 e. The summed E-state index contributed by atoms with van der Waals surface area (Å²) in [5.41, 5.74) is 2.09. The first-order valence-corrected chi connectivity index (χ1v) is 10.6. The van der Waals surface area contributed by atoms with Gasteiger partial charge in [-0.2, -0.15) is 0 Å². The zero-order valence-electron chi connectivity index (χ0n) is 15.6. The van der Waals surface area contributed by atoms with E-state index in [9.17, 15) is 8.42 Å². The highest BCUT2D eigenvalue weighted by Crippen LogP contribution is 2.09. The fraction of sp³-hybridized carbons (Fsp3) is 0.333. The number of rotatable bonds is 8. The number of sulfonamides is 1. The zero-order valence-corrected chi connectivity index (χ0v) is 19.5. The molecule has 2 rings (SSSR count). The minimum atomic E-state index is -3.66. The van der Waals surface area contributed by atoms with E-state index in [1.165, 1.54) is 12.1 Å². The average Bonchev–Trinajstić information content (AvgIpc) is 2.63. The summed E-state index contributed by atoms with van der Waals surface area (Å²) in [4.78, 5) is 8.72. The number of aliphatic imine (C=N–C) groups is 1. The molecule has 2 aromatic rings. The Hall–Kier alpha value is -1.43. The lowest BCUT2D eigenvalue weighted by atomic mass is 10.1. The predicted octanol–water partition coefficient (Wildman–Crippen LogP) is 2.34. The Labute approximate surface area is 188 Å². The van der Waals surface area contributed by atoms with Gasteiger partial charge in [0.15, 0.2) is 5.96 Å². The van der Waals surface area contributed by atoms with Crippen LogP contribution in [0.15, 0.2) is 52.5 Å². The van der Waals surface area contributed by atoms with E-state index in [1.54, 1.807) is 24.4 Å². The number of nitrogens with two attached hydrogens (primary N) is 1. The van der Waals surface area contributed by atoms with E-state index in [2.05, 4.69) is 20.6 Å². The van der Waals surface area contributed by atoms with E-state index in [0.717, 1.165) is 36.6 Å². The Balaban J connectivity index is 0.00000392. The minimum absolute atomic E-state index is 0. The van der Waals surface area contributed by atoms with Crippen LogP contribution in [0.3, 0.4) is 0 Å². The van der Waals surface area contributed by atoms with Crippen molar-refractivity contribution < 1.29 is 8.42 Å². The topological polar surface area (TPSA) is 109 Å². The number of nitrogens with zero attached hydrogens (tertiary/aromatic N) is 2. The second kappa shape index (κ2) is 12.2. The molecule has 0 saturated heterocycles. The standard InChI is InChI=1S/C18H24ClN5O2S.HI/c1-2-21-18(23-12-10-15-5-8-17(19)24-13-15)22-11-9-14-3-6-16(7-4-14)27(20,25)26;/h3-8,13H,2,9-12H2,1H3,(H2,20,25,26)(H2,21,22,23);1H. The third-order valence-corrected chi connectivity index (χ3v) is 4.91. The van der Waals surface area contributed by atoms with Crippen LogP contribution in [0, 0.1) is 0 Å². The van der Waals surface area contributed by atoms with E-state index in [-0.39, 0.29) is 28.9 Å². The molecule has 0 aliphatic heterocycles. The molecule has 0 unspecified atom stereocenters. The quantitative estimate of drug-likeness (QED) is 0.207. The molecule has 0 atom stereocenters. The second-order valence-electron chi connectivity index (χ2n) is 5.87. The summed E-state index contributed by atoms with van der Waals surface area (Å²) in [5.74, 6) is 0.737. The maximum atomic E-state index is 11.3. The molecule has 1 heterocycles. The highest BCUT2D eigenvalue weighted by atomic mass is 127. The Bertz CT molecular complexity index is 859. The molecule has 154 valence electrons. The molecule has 0 aliphatic carbocycles. The van der Waals surface area contributed by atoms with Gasteiger partial charge in [-0.1, -0.05) is 29.8 Å². The van der Waals surface area contributed by atoms with Gasteiger partial charge in [0.25, 0.3) is 0 Å². The molecule has 0 radical (unpaired) electrons. The number of benzene rings is 1. The van der Waals surface area contributed by atoms with Crippen LogP contribution in [0.5, 0.6) is 0 Å². The third kappa shape index (κ3) is 8.72. The first kappa shape index (κ1) is 24.6. The summed E-state index contributed by atoms with van der Waals surface area (Å²) in [7, 11) is -3.66. The molecule has 4 N–H and O–H groups in total. The lowest BCUT2D eigenvalue weighted by Gasteiger charge is -2.11. The maximum absolute atomic E-state index is 11.3. The molecule has 28 heavy (non-hydrogen) atoms. The van der Waals surface area contributed by atoms with Crippen LogP contribution >= 0.6 is 35.6 Å². The molecule has 0 aliphatic rings. The number of primary sulfonamides is 1. The molecule has 7 nitrogen and oxygen atoms in total. The van der Waals surface area contributed by atoms with E-state index in [1.807, 2.05) is 13.0 Å². The first-order chi connectivity index (χ1) is 12.9. The molecule has 0 fully saturated rings. The van der Waals surface area contributed by atoms with Crippen molar-refractivity contribution in [3.05, 3.63) is 58.9 Å². The Morgan fingerprint density at radius 1 is 1.11 bits per heavy atom. The SMILES string of the molecule is CCNC(=NCCc1ccc(S(N)(=O)=O)cc1)NCCc1ccc(Cl)nc1.I. The van der Waals surface area contributed by atoms with Crippen molar-refractivity contribution in [3.8, 4) is 0 Å². The molecule has 0 amide bonds. The van der Waals surface area contributed by atoms with E-state index in [0.29, 0.717) is 18.1 Å². The second-order valence-corrected chi connectivity index (χ2v) is 7.81. The highest BCUT2D eigenvalue weighted by Gasteiger charge is 2.06. The van der Waals surface area contributed by atoms with Gasteiger partial charge in [-0.05, 0) is 49.1 Å². The van der Waals surface area contributed by atoms with Crippen LogP contribution in [-0.4, -0.2) is 39.0 Å². The molecule has 1 aromatic carbocycles. The van der Waals surface area contributed by atoms with Crippen LogP contribution in [0.1, 0.15) is 18.1 Å². The highest BCUT2D eigenvalue weighted by molar-refractivity contribution is 14.0. The van der Waals surface area contributed by atoms with Crippen molar-refractivity contribution in [1.29, 1.82) is 0 Å². The number of hydrogen-bond donors (Lipinski definition) is 3. The fourth-order valence-electron chi connectivity index (χ4n) is 2.36. The summed E-state index contributed by atoms with van der Waals surface area (Å²) in [6.07, 6.45) is 3.27. The fourth-order valence-corrected chi connectivity index (χ4v) is 2.99. The molecule has 0 saturated carbocycles. The molecular formula is C18H25ClIN5O2S. The minimum Gasteiger partial charge on any atom is -0.357 e. The van der Waals surface area contributed by atoms with Gasteiger partial charge in [0, 0.05) is 25.8 Å². The Kier molecular flexibility index (Phi) is 10.7. The van der Waals surface area contributed by atoms with Crippen LogP contribution in [0.25, 0.3) is 0 Å². The Morgan fingerprint density at radius 2 is 1.79 bits per heavy atom. The van der Waals surface area contributed by atoms with Crippen LogP contribution in [-0.2, 0) is 22.9 Å². The zero-order chi connectivity index (χ0) is 19.7. The van der Waals surface area contributed by atoms with Gasteiger partial charge in [-0.25, -0.2) is 18.5 Å². The number of pyridine rings is 1. The number of halogens is 2. The van der Waals surface area contributed by atoms with E-state index < -0.39 is 10.0 Å². The monoisotopic (exact) mass is 537 g/mol. The molecular weight excluding hydrogens is 513 g/mol. The normalized spacial score (nSPS) is 11.6. The lowest BCUT2D eigenvalue weighted by Crippen LogP contribution is -2.38. The van der Waals surface area contributed by atoms with Crippen molar-refractivity contribution in [3.63, 3.8) is 0 Å². The van der Waals surface area contributed by atoms with Crippen molar-refractivity contribution in [2.24, 2.45) is 10.1 Å². The number of aromatic nitrogens is 1. The van der Waals surface area contributed by atoms with Crippen molar-refractivity contribution in [2.75, 3.05) is 19.6 Å². The van der Waals surface area contributed by atoms with Crippen LogP contribution < -0.4 is 15.8 Å².